The number of piperazine rings is 1. The molecular formula is C32H37N7O3. The zero-order valence-corrected chi connectivity index (χ0v) is 24.5. The van der Waals surface area contributed by atoms with E-state index in [2.05, 4.69) is 66.1 Å². The summed E-state index contributed by atoms with van der Waals surface area (Å²) in [5, 5.41) is 13.8. The summed E-state index contributed by atoms with van der Waals surface area (Å²) in [7, 11) is 0. The maximum atomic E-state index is 11.7. The van der Waals surface area contributed by atoms with Gasteiger partial charge in [0, 0.05) is 37.9 Å². The second kappa shape index (κ2) is 11.7. The van der Waals surface area contributed by atoms with Gasteiger partial charge in [-0.3, -0.25) is 14.7 Å². The molecule has 1 unspecified atom stereocenters. The smallest absolute Gasteiger partial charge is 0.407 e. The topological polar surface area (TPSA) is 130 Å². The highest BCUT2D eigenvalue weighted by Crippen LogP contribution is 2.29. The lowest BCUT2D eigenvalue weighted by Crippen LogP contribution is -2.59. The van der Waals surface area contributed by atoms with E-state index in [1.807, 2.05) is 36.5 Å². The van der Waals surface area contributed by atoms with Crippen molar-refractivity contribution in [1.29, 1.82) is 0 Å². The molecule has 1 fully saturated rings. The van der Waals surface area contributed by atoms with Crippen LogP contribution >= 0.6 is 0 Å². The molecule has 4 aromatic rings. The van der Waals surface area contributed by atoms with Crippen molar-refractivity contribution in [1.82, 2.24) is 29.5 Å². The molecular weight excluding hydrogens is 530 g/mol. The number of pyridine rings is 1. The molecule has 2 aromatic carbocycles. The van der Waals surface area contributed by atoms with Crippen LogP contribution in [0.4, 0.5) is 4.79 Å². The molecule has 1 saturated heterocycles. The number of carbonyl (C=O) groups excluding carboxylic acids is 1. The van der Waals surface area contributed by atoms with Crippen LogP contribution in [-0.2, 0) is 13.0 Å². The molecule has 42 heavy (non-hydrogen) atoms. The van der Waals surface area contributed by atoms with Gasteiger partial charge in [0.05, 0.1) is 17.4 Å². The Hall–Kier alpha value is -4.57. The lowest BCUT2D eigenvalue weighted by atomic mass is 9.84. The number of carboxylic acid groups (broad SMARTS) is 1. The number of hydrogen-bond acceptors (Lipinski definition) is 6. The molecule has 0 spiro atoms. The Bertz CT molecular complexity index is 1560. The maximum Gasteiger partial charge on any atom is 0.407 e. The first-order valence-corrected chi connectivity index (χ1v) is 14.1. The fourth-order valence-corrected chi connectivity index (χ4v) is 5.42. The summed E-state index contributed by atoms with van der Waals surface area (Å²) in [6, 6.07) is 20.5. The van der Waals surface area contributed by atoms with Crippen LogP contribution in [0.5, 0.6) is 0 Å². The van der Waals surface area contributed by atoms with Gasteiger partial charge in [-0.1, -0.05) is 63.2 Å². The minimum Gasteiger partial charge on any atom is -0.465 e. The van der Waals surface area contributed by atoms with Gasteiger partial charge >= 0.3 is 6.09 Å². The molecule has 0 saturated carbocycles. The predicted octanol–water partition coefficient (Wildman–Crippen LogP) is 4.54. The van der Waals surface area contributed by atoms with Crippen LogP contribution < -0.4 is 5.73 Å². The summed E-state index contributed by atoms with van der Waals surface area (Å²) < 4.78 is 1.61. The van der Waals surface area contributed by atoms with Gasteiger partial charge in [0.1, 0.15) is 5.82 Å². The van der Waals surface area contributed by atoms with Crippen molar-refractivity contribution in [3.8, 4) is 16.9 Å². The molecule has 1 atom stereocenters. The lowest BCUT2D eigenvalue weighted by molar-refractivity contribution is 0.0190. The molecule has 1 aliphatic rings. The lowest BCUT2D eigenvalue weighted by Gasteiger charge is -2.46. The van der Waals surface area contributed by atoms with Gasteiger partial charge in [-0.25, -0.2) is 14.5 Å². The molecule has 1 aliphatic heterocycles. The summed E-state index contributed by atoms with van der Waals surface area (Å²) in [6.07, 6.45) is 1.86. The number of aromatic nitrogens is 4. The van der Waals surface area contributed by atoms with Crippen LogP contribution in [0.2, 0.25) is 0 Å². The first-order chi connectivity index (χ1) is 20.0. The molecule has 5 rings (SSSR count). The van der Waals surface area contributed by atoms with E-state index < -0.39 is 12.0 Å². The van der Waals surface area contributed by atoms with E-state index in [9.17, 15) is 14.7 Å². The molecule has 0 aliphatic carbocycles. The Morgan fingerprint density at radius 1 is 0.952 bits per heavy atom. The molecule has 3 N–H and O–H groups in total. The average Bonchev–Trinajstić information content (AvgIpc) is 3.36. The van der Waals surface area contributed by atoms with Gasteiger partial charge in [-0.15, -0.1) is 5.10 Å². The molecule has 218 valence electrons. The van der Waals surface area contributed by atoms with Crippen molar-refractivity contribution >= 4 is 12.0 Å². The highest BCUT2D eigenvalue weighted by atomic mass is 16.4. The van der Waals surface area contributed by atoms with Gasteiger partial charge in [-0.2, -0.15) is 0 Å². The minimum atomic E-state index is -0.843. The van der Waals surface area contributed by atoms with Gasteiger partial charge in [-0.05, 0) is 53.6 Å². The molecule has 2 aromatic heterocycles. The summed E-state index contributed by atoms with van der Waals surface area (Å²) >= 11 is 0. The Morgan fingerprint density at radius 2 is 1.60 bits per heavy atom. The Labute approximate surface area is 245 Å². The van der Waals surface area contributed by atoms with Crippen molar-refractivity contribution in [2.75, 3.05) is 19.6 Å². The number of aryl methyl sites for hydroxylation is 1. The molecule has 2 amide bonds. The predicted molar refractivity (Wildman–Crippen MR) is 160 cm³/mol. The van der Waals surface area contributed by atoms with E-state index in [-0.39, 0.29) is 17.3 Å². The number of nitrogens with zero attached hydrogens (tertiary/aromatic N) is 6. The van der Waals surface area contributed by atoms with Crippen molar-refractivity contribution in [3.05, 3.63) is 95.2 Å². The third kappa shape index (κ3) is 6.49. The first kappa shape index (κ1) is 28.9. The summed E-state index contributed by atoms with van der Waals surface area (Å²) in [5.74, 6) is -0.0434. The van der Waals surface area contributed by atoms with Crippen molar-refractivity contribution < 1.29 is 14.7 Å². The second-order valence-corrected chi connectivity index (χ2v) is 11.9. The van der Waals surface area contributed by atoms with Crippen LogP contribution in [-0.4, -0.2) is 72.3 Å². The number of carbonyl (C=O) groups is 2. The van der Waals surface area contributed by atoms with E-state index >= 15 is 0 Å². The SMILES string of the molecule is Cc1nc(C(N)=O)nn1-c1ccc(Cc2ccc(-c3ccc(CN4CCN(C(=O)O)C(C(C)(C)C)C4)cn3)cc2)cc1. The molecule has 3 heterocycles. The van der Waals surface area contributed by atoms with E-state index in [1.165, 1.54) is 5.56 Å². The third-order valence-corrected chi connectivity index (χ3v) is 7.77. The highest BCUT2D eigenvalue weighted by molar-refractivity contribution is 5.88. The monoisotopic (exact) mass is 567 g/mol. The molecule has 0 bridgehead atoms. The van der Waals surface area contributed by atoms with E-state index in [4.69, 9.17) is 10.7 Å². The largest absolute Gasteiger partial charge is 0.465 e. The van der Waals surface area contributed by atoms with Gasteiger partial charge in [0.15, 0.2) is 0 Å². The van der Waals surface area contributed by atoms with E-state index in [0.29, 0.717) is 25.5 Å². The van der Waals surface area contributed by atoms with Gasteiger partial charge < -0.3 is 15.7 Å². The molecule has 10 nitrogen and oxygen atoms in total. The third-order valence-electron chi connectivity index (χ3n) is 7.77. The normalized spacial score (nSPS) is 16.0. The van der Waals surface area contributed by atoms with Gasteiger partial charge in [0.2, 0.25) is 5.82 Å². The Morgan fingerprint density at radius 3 is 2.14 bits per heavy atom. The van der Waals surface area contributed by atoms with E-state index in [0.717, 1.165) is 41.0 Å². The fourth-order valence-electron chi connectivity index (χ4n) is 5.42. The summed E-state index contributed by atoms with van der Waals surface area (Å²) in [4.78, 5) is 35.8. The average molecular weight is 568 g/mol. The zero-order chi connectivity index (χ0) is 30.0. The first-order valence-electron chi connectivity index (χ1n) is 14.1. The maximum absolute atomic E-state index is 11.7. The standard InChI is InChI=1S/C32H37N7O3/c1-21-35-30(29(33)40)36-39(21)26-12-7-23(8-13-26)17-22-5-10-25(11-6-22)27-14-9-24(18-34-27)19-37-15-16-38(31(41)42)28(20-37)32(2,3)4/h5-14,18,28H,15-17,19-20H2,1-4H3,(H2,33,40)(H,41,42). The van der Waals surface area contributed by atoms with Crippen LogP contribution in [0.3, 0.4) is 0 Å². The summed E-state index contributed by atoms with van der Waals surface area (Å²) in [6.45, 7) is 10.7. The minimum absolute atomic E-state index is 0.00562. The van der Waals surface area contributed by atoms with Crippen LogP contribution in [0.1, 0.15) is 53.9 Å². The number of nitrogens with two attached hydrogens (primary N) is 1. The molecule has 0 radical (unpaired) electrons. The number of rotatable bonds is 7. The number of amides is 2. The number of hydrogen-bond donors (Lipinski definition) is 2. The number of primary amides is 1. The van der Waals surface area contributed by atoms with Gasteiger partial charge in [0.25, 0.3) is 5.91 Å². The Balaban J connectivity index is 1.19. The van der Waals surface area contributed by atoms with Crippen molar-refractivity contribution in [3.63, 3.8) is 0 Å². The zero-order valence-electron chi connectivity index (χ0n) is 24.5. The summed E-state index contributed by atoms with van der Waals surface area (Å²) in [5.41, 5.74) is 11.4. The van der Waals surface area contributed by atoms with E-state index in [1.54, 1.807) is 16.5 Å². The van der Waals surface area contributed by atoms with Crippen LogP contribution in [0, 0.1) is 12.3 Å². The second-order valence-electron chi connectivity index (χ2n) is 11.9. The number of benzene rings is 2. The Kier molecular flexibility index (Phi) is 8.08. The highest BCUT2D eigenvalue weighted by Gasteiger charge is 2.37. The molecule has 10 heteroatoms. The van der Waals surface area contributed by atoms with Crippen molar-refractivity contribution in [2.24, 2.45) is 11.1 Å². The fraction of sp³-hybridized carbons (Fsp3) is 0.344. The van der Waals surface area contributed by atoms with Crippen LogP contribution in [0.25, 0.3) is 16.9 Å². The van der Waals surface area contributed by atoms with Crippen LogP contribution in [0.15, 0.2) is 66.9 Å². The van der Waals surface area contributed by atoms with Crippen molar-refractivity contribution in [2.45, 2.75) is 46.7 Å². The quantitative estimate of drug-likeness (QED) is 0.335.